The molecule has 19 heavy (non-hydrogen) atoms. The second-order valence-corrected chi connectivity index (χ2v) is 5.38. The first-order chi connectivity index (χ1) is 8.85. The molecule has 108 valence electrons. The van der Waals surface area contributed by atoms with E-state index in [1.165, 1.54) is 13.2 Å². The Morgan fingerprint density at radius 2 is 2.05 bits per heavy atom. The maximum absolute atomic E-state index is 13.7. The van der Waals surface area contributed by atoms with Crippen LogP contribution in [0, 0.1) is 5.82 Å². The van der Waals surface area contributed by atoms with Crippen LogP contribution in [0.15, 0.2) is 18.2 Å². The van der Waals surface area contributed by atoms with Gasteiger partial charge in [0.2, 0.25) is 0 Å². The molecule has 0 fully saturated rings. The lowest BCUT2D eigenvalue weighted by molar-refractivity contribution is 0.131. The molecular weight excluding hydrogens is 243 g/mol. The van der Waals surface area contributed by atoms with Crippen molar-refractivity contribution in [1.82, 2.24) is 4.90 Å². The maximum atomic E-state index is 13.7. The number of hydrogen-bond acceptors (Lipinski definition) is 3. The topological polar surface area (TPSA) is 38.5 Å². The van der Waals surface area contributed by atoms with Crippen molar-refractivity contribution in [3.05, 3.63) is 29.6 Å². The summed E-state index contributed by atoms with van der Waals surface area (Å²) in [4.78, 5) is 2.14. The first kappa shape index (κ1) is 15.9. The molecule has 0 saturated heterocycles. The number of ether oxygens (including phenoxy) is 1. The zero-order valence-corrected chi connectivity index (χ0v) is 12.5. The summed E-state index contributed by atoms with van der Waals surface area (Å²) in [7, 11) is 5.51. The first-order valence-corrected chi connectivity index (χ1v) is 6.60. The fraction of sp³-hybridized carbons (Fsp3) is 0.600. The van der Waals surface area contributed by atoms with Gasteiger partial charge in [-0.1, -0.05) is 13.0 Å². The van der Waals surface area contributed by atoms with Gasteiger partial charge in [0.05, 0.1) is 7.11 Å². The smallest absolute Gasteiger partial charge is 0.165 e. The minimum absolute atomic E-state index is 0.0553. The maximum Gasteiger partial charge on any atom is 0.165 e. The standard InChI is InChI=1S/C15H25FN2O/c1-6-15(2,18(3)4)14(17)10-11-7-8-13(19-5)12(16)9-11/h7-9,14H,6,10,17H2,1-5H3. The Labute approximate surface area is 115 Å². The van der Waals surface area contributed by atoms with Gasteiger partial charge < -0.3 is 15.4 Å². The Morgan fingerprint density at radius 1 is 1.42 bits per heavy atom. The van der Waals surface area contributed by atoms with Crippen molar-refractivity contribution in [3.8, 4) is 5.75 Å². The molecule has 1 aromatic rings. The number of hydrogen-bond donors (Lipinski definition) is 1. The Bertz CT molecular complexity index is 423. The lowest BCUT2D eigenvalue weighted by Gasteiger charge is -2.41. The van der Waals surface area contributed by atoms with E-state index in [2.05, 4.69) is 18.7 Å². The van der Waals surface area contributed by atoms with E-state index >= 15 is 0 Å². The van der Waals surface area contributed by atoms with Gasteiger partial charge in [-0.2, -0.15) is 0 Å². The van der Waals surface area contributed by atoms with Crippen LogP contribution < -0.4 is 10.5 Å². The second kappa shape index (κ2) is 6.35. The quantitative estimate of drug-likeness (QED) is 0.861. The molecule has 0 amide bonds. The average Bonchev–Trinajstić information content (AvgIpc) is 2.37. The van der Waals surface area contributed by atoms with E-state index in [-0.39, 0.29) is 23.1 Å². The zero-order valence-electron chi connectivity index (χ0n) is 12.5. The van der Waals surface area contributed by atoms with E-state index in [1.54, 1.807) is 6.07 Å². The molecule has 1 rings (SSSR count). The first-order valence-electron chi connectivity index (χ1n) is 6.60. The number of rotatable bonds is 6. The molecule has 0 aliphatic heterocycles. The predicted molar refractivity (Wildman–Crippen MR) is 77.0 cm³/mol. The Balaban J connectivity index is 2.87. The van der Waals surface area contributed by atoms with Crippen LogP contribution in [-0.2, 0) is 6.42 Å². The van der Waals surface area contributed by atoms with E-state index in [0.29, 0.717) is 6.42 Å². The molecule has 0 saturated carbocycles. The molecule has 0 aliphatic rings. The highest BCUT2D eigenvalue weighted by atomic mass is 19.1. The lowest BCUT2D eigenvalue weighted by atomic mass is 9.85. The average molecular weight is 268 g/mol. The lowest BCUT2D eigenvalue weighted by Crippen LogP contribution is -2.55. The molecule has 0 heterocycles. The SMILES string of the molecule is CCC(C)(C(N)Cc1ccc(OC)c(F)c1)N(C)C. The molecule has 2 unspecified atom stereocenters. The van der Waals surface area contributed by atoms with Gasteiger partial charge in [0.1, 0.15) is 0 Å². The van der Waals surface area contributed by atoms with Gasteiger partial charge in [0, 0.05) is 11.6 Å². The van der Waals surface area contributed by atoms with Crippen LogP contribution in [0.5, 0.6) is 5.75 Å². The zero-order chi connectivity index (χ0) is 14.6. The summed E-state index contributed by atoms with van der Waals surface area (Å²) in [5.74, 6) is -0.0709. The van der Waals surface area contributed by atoms with Crippen molar-refractivity contribution in [1.29, 1.82) is 0 Å². The summed E-state index contributed by atoms with van der Waals surface area (Å²) in [6, 6.07) is 4.97. The third kappa shape index (κ3) is 3.45. The van der Waals surface area contributed by atoms with Crippen molar-refractivity contribution < 1.29 is 9.13 Å². The van der Waals surface area contributed by atoms with Crippen LogP contribution >= 0.6 is 0 Å². The third-order valence-corrected chi connectivity index (χ3v) is 4.21. The van der Waals surface area contributed by atoms with Gasteiger partial charge in [-0.15, -0.1) is 0 Å². The normalized spacial score (nSPS) is 16.2. The van der Waals surface area contributed by atoms with Crippen molar-refractivity contribution in [2.45, 2.75) is 38.3 Å². The van der Waals surface area contributed by atoms with Crippen molar-refractivity contribution in [3.63, 3.8) is 0 Å². The number of nitrogens with two attached hydrogens (primary N) is 1. The summed E-state index contributed by atoms with van der Waals surface area (Å²) >= 11 is 0. The van der Waals surface area contributed by atoms with Gasteiger partial charge in [-0.3, -0.25) is 0 Å². The minimum Gasteiger partial charge on any atom is -0.494 e. The molecule has 0 aliphatic carbocycles. The van der Waals surface area contributed by atoms with Crippen LogP contribution in [-0.4, -0.2) is 37.7 Å². The summed E-state index contributed by atoms with van der Waals surface area (Å²) < 4.78 is 18.6. The molecule has 4 heteroatoms. The molecule has 0 aromatic heterocycles. The molecular formula is C15H25FN2O. The number of nitrogens with zero attached hydrogens (tertiary/aromatic N) is 1. The monoisotopic (exact) mass is 268 g/mol. The number of likely N-dealkylation sites (N-methyl/N-ethyl adjacent to an activating group) is 1. The van der Waals surface area contributed by atoms with E-state index < -0.39 is 0 Å². The highest BCUT2D eigenvalue weighted by Crippen LogP contribution is 2.24. The third-order valence-electron chi connectivity index (χ3n) is 4.21. The molecule has 0 spiro atoms. The largest absolute Gasteiger partial charge is 0.494 e. The predicted octanol–water partition coefficient (Wildman–Crippen LogP) is 2.43. The molecule has 2 atom stereocenters. The molecule has 3 nitrogen and oxygen atoms in total. The minimum atomic E-state index is -0.338. The van der Waals surface area contributed by atoms with E-state index in [4.69, 9.17) is 10.5 Å². The van der Waals surface area contributed by atoms with Gasteiger partial charge >= 0.3 is 0 Å². The Hall–Kier alpha value is -1.13. The fourth-order valence-corrected chi connectivity index (χ4v) is 2.22. The highest BCUT2D eigenvalue weighted by Gasteiger charge is 2.32. The highest BCUT2D eigenvalue weighted by molar-refractivity contribution is 5.30. The van der Waals surface area contributed by atoms with Crippen molar-refractivity contribution in [2.75, 3.05) is 21.2 Å². The van der Waals surface area contributed by atoms with Crippen LogP contribution in [0.25, 0.3) is 0 Å². The van der Waals surface area contributed by atoms with Gasteiger partial charge in [-0.25, -0.2) is 4.39 Å². The van der Waals surface area contributed by atoms with Gasteiger partial charge in [0.25, 0.3) is 0 Å². The fourth-order valence-electron chi connectivity index (χ4n) is 2.22. The number of methoxy groups -OCH3 is 1. The summed E-state index contributed by atoms with van der Waals surface area (Å²) in [5.41, 5.74) is 7.12. The summed E-state index contributed by atoms with van der Waals surface area (Å²) in [5, 5.41) is 0. The molecule has 1 aromatic carbocycles. The van der Waals surface area contributed by atoms with Crippen LogP contribution in [0.1, 0.15) is 25.8 Å². The summed E-state index contributed by atoms with van der Waals surface area (Å²) in [6.45, 7) is 4.26. The number of benzene rings is 1. The van der Waals surface area contributed by atoms with Crippen molar-refractivity contribution >= 4 is 0 Å². The Kier molecular flexibility index (Phi) is 5.32. The molecule has 2 N–H and O–H groups in total. The van der Waals surface area contributed by atoms with E-state index in [0.717, 1.165) is 12.0 Å². The van der Waals surface area contributed by atoms with Crippen molar-refractivity contribution in [2.24, 2.45) is 5.73 Å². The second-order valence-electron chi connectivity index (χ2n) is 5.38. The number of halogens is 1. The van der Waals surface area contributed by atoms with Crippen LogP contribution in [0.3, 0.4) is 0 Å². The van der Waals surface area contributed by atoms with Crippen LogP contribution in [0.4, 0.5) is 4.39 Å². The van der Waals surface area contributed by atoms with Gasteiger partial charge in [0.15, 0.2) is 11.6 Å². The summed E-state index contributed by atoms with van der Waals surface area (Å²) in [6.07, 6.45) is 1.59. The molecule has 0 radical (unpaired) electrons. The van der Waals surface area contributed by atoms with E-state index in [9.17, 15) is 4.39 Å². The van der Waals surface area contributed by atoms with E-state index in [1.807, 2.05) is 20.2 Å². The molecule has 0 bridgehead atoms. The van der Waals surface area contributed by atoms with Gasteiger partial charge in [-0.05, 0) is 51.6 Å². The van der Waals surface area contributed by atoms with Crippen LogP contribution in [0.2, 0.25) is 0 Å². The Morgan fingerprint density at radius 3 is 2.47 bits per heavy atom.